The summed E-state index contributed by atoms with van der Waals surface area (Å²) in [6.07, 6.45) is 0. The van der Waals surface area contributed by atoms with E-state index >= 15 is 0 Å². The number of methoxy groups -OCH3 is 2. The van der Waals surface area contributed by atoms with Crippen molar-refractivity contribution in [3.63, 3.8) is 0 Å². The van der Waals surface area contributed by atoms with E-state index in [1.807, 2.05) is 0 Å². The Morgan fingerprint density at radius 3 is 2.23 bits per heavy atom. The number of amides is 1. The SMILES string of the molecule is COc1cc(NC(=O)COC(=O)c2cc(Br)cc(Br)c2O)cc(OC)c1. The Hall–Kier alpha value is -2.26. The maximum atomic E-state index is 12.1. The molecule has 0 atom stereocenters. The van der Waals surface area contributed by atoms with Crippen molar-refractivity contribution in [2.45, 2.75) is 0 Å². The normalized spacial score (nSPS) is 10.2. The van der Waals surface area contributed by atoms with Gasteiger partial charge >= 0.3 is 5.97 Å². The van der Waals surface area contributed by atoms with E-state index < -0.39 is 18.5 Å². The number of phenolic OH excluding ortho intramolecular Hbond substituents is 1. The van der Waals surface area contributed by atoms with Gasteiger partial charge in [0, 0.05) is 28.4 Å². The minimum absolute atomic E-state index is 0.0675. The van der Waals surface area contributed by atoms with Crippen LogP contribution in [0.5, 0.6) is 17.2 Å². The van der Waals surface area contributed by atoms with Crippen molar-refractivity contribution in [2.24, 2.45) is 0 Å². The van der Waals surface area contributed by atoms with Crippen molar-refractivity contribution < 1.29 is 28.9 Å². The maximum Gasteiger partial charge on any atom is 0.342 e. The van der Waals surface area contributed by atoms with Crippen LogP contribution in [0.3, 0.4) is 0 Å². The molecule has 0 fully saturated rings. The zero-order valence-electron chi connectivity index (χ0n) is 13.8. The lowest BCUT2D eigenvalue weighted by atomic mass is 10.2. The zero-order chi connectivity index (χ0) is 19.3. The van der Waals surface area contributed by atoms with Crippen LogP contribution in [-0.2, 0) is 9.53 Å². The first-order valence-electron chi connectivity index (χ1n) is 7.22. The molecule has 138 valence electrons. The van der Waals surface area contributed by atoms with Crippen LogP contribution < -0.4 is 14.8 Å². The molecule has 0 aliphatic carbocycles. The molecule has 0 saturated heterocycles. The van der Waals surface area contributed by atoms with Gasteiger partial charge in [-0.25, -0.2) is 4.79 Å². The van der Waals surface area contributed by atoms with E-state index in [1.165, 1.54) is 20.3 Å². The van der Waals surface area contributed by atoms with E-state index in [9.17, 15) is 14.7 Å². The van der Waals surface area contributed by atoms with E-state index in [0.717, 1.165) is 0 Å². The van der Waals surface area contributed by atoms with Crippen LogP contribution in [0.4, 0.5) is 5.69 Å². The molecule has 0 bridgehead atoms. The van der Waals surface area contributed by atoms with Crippen molar-refractivity contribution in [2.75, 3.05) is 26.1 Å². The van der Waals surface area contributed by atoms with Crippen molar-refractivity contribution in [3.8, 4) is 17.2 Å². The Morgan fingerprint density at radius 2 is 1.65 bits per heavy atom. The Kier molecular flexibility index (Phi) is 6.87. The largest absolute Gasteiger partial charge is 0.506 e. The Bertz CT molecular complexity index is 818. The van der Waals surface area contributed by atoms with Gasteiger partial charge in [0.1, 0.15) is 22.8 Å². The molecule has 0 unspecified atom stereocenters. The predicted molar refractivity (Wildman–Crippen MR) is 102 cm³/mol. The fourth-order valence-electron chi connectivity index (χ4n) is 2.01. The molecular formula is C17H15Br2NO6. The third-order valence-electron chi connectivity index (χ3n) is 3.22. The molecule has 0 aliphatic heterocycles. The lowest BCUT2D eigenvalue weighted by Gasteiger charge is -2.11. The van der Waals surface area contributed by atoms with Crippen molar-refractivity contribution in [1.82, 2.24) is 0 Å². The molecule has 2 N–H and O–H groups in total. The van der Waals surface area contributed by atoms with Gasteiger partial charge in [0.05, 0.1) is 18.7 Å². The van der Waals surface area contributed by atoms with Gasteiger partial charge in [0.25, 0.3) is 5.91 Å². The second-order valence-electron chi connectivity index (χ2n) is 5.01. The lowest BCUT2D eigenvalue weighted by Crippen LogP contribution is -2.21. The van der Waals surface area contributed by atoms with Crippen LogP contribution in [0.15, 0.2) is 39.3 Å². The smallest absolute Gasteiger partial charge is 0.342 e. The van der Waals surface area contributed by atoms with E-state index in [2.05, 4.69) is 37.2 Å². The molecule has 0 spiro atoms. The highest BCUT2D eigenvalue weighted by atomic mass is 79.9. The Morgan fingerprint density at radius 1 is 1.04 bits per heavy atom. The average molecular weight is 489 g/mol. The molecule has 0 aromatic heterocycles. The molecule has 2 rings (SSSR count). The fraction of sp³-hybridized carbons (Fsp3) is 0.176. The molecular weight excluding hydrogens is 474 g/mol. The molecule has 9 heteroatoms. The predicted octanol–water partition coefficient (Wildman–Crippen LogP) is 3.73. The van der Waals surface area contributed by atoms with Crippen LogP contribution in [0.1, 0.15) is 10.4 Å². The van der Waals surface area contributed by atoms with Crippen LogP contribution in [0.25, 0.3) is 0 Å². The number of hydrogen-bond acceptors (Lipinski definition) is 6. The third-order valence-corrected chi connectivity index (χ3v) is 4.28. The molecule has 0 aliphatic rings. The van der Waals surface area contributed by atoms with Gasteiger partial charge in [-0.3, -0.25) is 4.79 Å². The number of esters is 1. The Labute approximate surface area is 166 Å². The van der Waals surface area contributed by atoms with Gasteiger partial charge in [-0.15, -0.1) is 0 Å². The summed E-state index contributed by atoms with van der Waals surface area (Å²) in [5.41, 5.74) is 0.359. The highest BCUT2D eigenvalue weighted by Gasteiger charge is 2.18. The number of aromatic hydroxyl groups is 1. The first-order chi connectivity index (χ1) is 12.3. The van der Waals surface area contributed by atoms with Crippen LogP contribution in [-0.4, -0.2) is 37.8 Å². The van der Waals surface area contributed by atoms with Crippen LogP contribution in [0, 0.1) is 0 Å². The Balaban J connectivity index is 2.02. The standard InChI is InChI=1S/C17H15Br2NO6/c1-24-11-5-10(6-12(7-11)25-2)20-15(21)8-26-17(23)13-3-9(18)4-14(19)16(13)22/h3-7,22H,8H2,1-2H3,(H,20,21). The number of hydrogen-bond donors (Lipinski definition) is 2. The highest BCUT2D eigenvalue weighted by molar-refractivity contribution is 9.11. The monoisotopic (exact) mass is 487 g/mol. The number of benzene rings is 2. The second kappa shape index (κ2) is 8.91. The molecule has 0 saturated carbocycles. The van der Waals surface area contributed by atoms with Gasteiger partial charge in [0.2, 0.25) is 0 Å². The quantitative estimate of drug-likeness (QED) is 0.601. The third kappa shape index (κ3) is 5.12. The van der Waals surface area contributed by atoms with Gasteiger partial charge in [0.15, 0.2) is 6.61 Å². The number of nitrogens with one attached hydrogen (secondary N) is 1. The molecule has 0 radical (unpaired) electrons. The molecule has 26 heavy (non-hydrogen) atoms. The summed E-state index contributed by atoms with van der Waals surface area (Å²) in [7, 11) is 2.98. The summed E-state index contributed by atoms with van der Waals surface area (Å²) in [5, 5.41) is 12.5. The molecule has 2 aromatic carbocycles. The van der Waals surface area contributed by atoms with Crippen LogP contribution >= 0.6 is 31.9 Å². The first kappa shape index (κ1) is 20.1. The van der Waals surface area contributed by atoms with E-state index in [1.54, 1.807) is 24.3 Å². The molecule has 7 nitrogen and oxygen atoms in total. The fourth-order valence-corrected chi connectivity index (χ4v) is 3.23. The first-order valence-corrected chi connectivity index (χ1v) is 8.80. The van der Waals surface area contributed by atoms with E-state index in [4.69, 9.17) is 14.2 Å². The molecule has 1 amide bonds. The summed E-state index contributed by atoms with van der Waals surface area (Å²) in [5.74, 6) is -0.651. The summed E-state index contributed by atoms with van der Waals surface area (Å²) in [6, 6.07) is 7.82. The second-order valence-corrected chi connectivity index (χ2v) is 6.78. The number of rotatable bonds is 6. The number of carbonyl (C=O) groups excluding carboxylic acids is 2. The van der Waals surface area contributed by atoms with Crippen molar-refractivity contribution in [1.29, 1.82) is 0 Å². The number of phenols is 1. The van der Waals surface area contributed by atoms with Crippen LogP contribution in [0.2, 0.25) is 0 Å². The number of anilines is 1. The minimum atomic E-state index is -0.831. The highest BCUT2D eigenvalue weighted by Crippen LogP contribution is 2.32. The number of ether oxygens (including phenoxy) is 3. The molecule has 0 heterocycles. The maximum absolute atomic E-state index is 12.1. The molecule has 2 aromatic rings. The summed E-state index contributed by atoms with van der Waals surface area (Å²) in [4.78, 5) is 24.1. The average Bonchev–Trinajstić information content (AvgIpc) is 2.62. The summed E-state index contributed by atoms with van der Waals surface area (Å²) in [6.45, 7) is -0.526. The lowest BCUT2D eigenvalue weighted by molar-refractivity contribution is -0.119. The van der Waals surface area contributed by atoms with E-state index in [-0.39, 0.29) is 11.3 Å². The topological polar surface area (TPSA) is 94.1 Å². The number of carbonyl (C=O) groups is 2. The zero-order valence-corrected chi connectivity index (χ0v) is 17.0. The van der Waals surface area contributed by atoms with Gasteiger partial charge in [-0.2, -0.15) is 0 Å². The van der Waals surface area contributed by atoms with E-state index in [0.29, 0.717) is 26.1 Å². The van der Waals surface area contributed by atoms with Crippen molar-refractivity contribution in [3.05, 3.63) is 44.8 Å². The summed E-state index contributed by atoms with van der Waals surface area (Å²) < 4.78 is 16.1. The van der Waals surface area contributed by atoms with Gasteiger partial charge in [-0.05, 0) is 28.1 Å². The summed E-state index contributed by atoms with van der Waals surface area (Å²) >= 11 is 6.34. The number of halogens is 2. The van der Waals surface area contributed by atoms with Gasteiger partial charge < -0.3 is 24.6 Å². The van der Waals surface area contributed by atoms with Gasteiger partial charge in [-0.1, -0.05) is 15.9 Å². The minimum Gasteiger partial charge on any atom is -0.506 e. The van der Waals surface area contributed by atoms with Crippen molar-refractivity contribution >= 4 is 49.4 Å².